The minimum Gasteiger partial charge on any atom is -0.336 e. The third kappa shape index (κ3) is 4.11. The van der Waals surface area contributed by atoms with Gasteiger partial charge in [0.05, 0.1) is 6.61 Å². The van der Waals surface area contributed by atoms with Crippen LogP contribution in [0.3, 0.4) is 0 Å². The highest BCUT2D eigenvalue weighted by Gasteiger charge is 2.46. The summed E-state index contributed by atoms with van der Waals surface area (Å²) in [4.78, 5) is 20.2. The molecular formula is C16H21ClO5P2. The smallest absolute Gasteiger partial charge is 0.336 e. The van der Waals surface area contributed by atoms with E-state index in [1.54, 1.807) is 13.0 Å². The van der Waals surface area contributed by atoms with E-state index < -0.39 is 19.8 Å². The van der Waals surface area contributed by atoms with Gasteiger partial charge in [-0.25, -0.2) is 4.57 Å². The molecule has 2 N–H and O–H groups in total. The van der Waals surface area contributed by atoms with Gasteiger partial charge < -0.3 is 14.3 Å². The van der Waals surface area contributed by atoms with Crippen molar-refractivity contribution in [1.82, 2.24) is 0 Å². The van der Waals surface area contributed by atoms with E-state index in [2.05, 4.69) is 6.58 Å². The number of rotatable bonds is 8. The number of hydrogen-bond acceptors (Lipinski definition) is 3. The Morgan fingerprint density at radius 3 is 2.67 bits per heavy atom. The topological polar surface area (TPSA) is 83.8 Å². The lowest BCUT2D eigenvalue weighted by Crippen LogP contribution is -2.22. The second kappa shape index (κ2) is 7.29. The summed E-state index contributed by atoms with van der Waals surface area (Å²) in [7, 11) is -9.16. The molecule has 0 aromatic heterocycles. The molecule has 0 fully saturated rings. The van der Waals surface area contributed by atoms with Crippen LogP contribution in [0.4, 0.5) is 0 Å². The highest BCUT2D eigenvalue weighted by atomic mass is 35.5. The quantitative estimate of drug-likeness (QED) is 0.384. The number of alkyl halides is 1. The molecule has 8 heteroatoms. The maximum absolute atomic E-state index is 12.5. The van der Waals surface area contributed by atoms with Crippen LogP contribution < -0.4 is 0 Å². The van der Waals surface area contributed by atoms with Gasteiger partial charge in [0, 0.05) is 23.4 Å². The van der Waals surface area contributed by atoms with E-state index in [1.807, 2.05) is 30.3 Å². The van der Waals surface area contributed by atoms with Crippen molar-refractivity contribution in [2.75, 3.05) is 18.6 Å². The van der Waals surface area contributed by atoms with Crippen molar-refractivity contribution in [3.8, 4) is 0 Å². The van der Waals surface area contributed by atoms with E-state index in [1.165, 1.54) is 6.08 Å². The molecule has 0 heterocycles. The van der Waals surface area contributed by atoms with Crippen molar-refractivity contribution in [3.63, 3.8) is 0 Å². The minimum absolute atomic E-state index is 0.116. The van der Waals surface area contributed by atoms with Crippen molar-refractivity contribution in [1.29, 1.82) is 0 Å². The summed E-state index contributed by atoms with van der Waals surface area (Å²) >= 11 is 5.78. The summed E-state index contributed by atoms with van der Waals surface area (Å²) in [6, 6.07) is 7.42. The number of allylic oxidation sites excluding steroid dienone is 1. The monoisotopic (exact) mass is 390 g/mol. The van der Waals surface area contributed by atoms with E-state index in [0.717, 1.165) is 11.1 Å². The summed E-state index contributed by atoms with van der Waals surface area (Å²) < 4.78 is 29.8. The van der Waals surface area contributed by atoms with E-state index >= 15 is 0 Å². The van der Waals surface area contributed by atoms with Crippen LogP contribution in [-0.2, 0) is 13.7 Å². The predicted molar refractivity (Wildman–Crippen MR) is 97.7 cm³/mol. The van der Waals surface area contributed by atoms with Crippen LogP contribution in [0.1, 0.15) is 24.0 Å². The lowest BCUT2D eigenvalue weighted by Gasteiger charge is -2.26. The highest BCUT2D eigenvalue weighted by molar-refractivity contribution is 8.29. The molecule has 24 heavy (non-hydrogen) atoms. The van der Waals surface area contributed by atoms with Crippen LogP contribution in [0.5, 0.6) is 0 Å². The average molecular weight is 391 g/mol. The minimum atomic E-state index is -4.71. The van der Waals surface area contributed by atoms with Gasteiger partial charge in [-0.2, -0.15) is 0 Å². The zero-order valence-electron chi connectivity index (χ0n) is 13.3. The summed E-state index contributed by atoms with van der Waals surface area (Å²) in [5, 5.41) is 0. The van der Waals surface area contributed by atoms with Crippen LogP contribution in [0.2, 0.25) is 0 Å². The van der Waals surface area contributed by atoms with E-state index in [0.29, 0.717) is 0 Å². The molecule has 5 nitrogen and oxygen atoms in total. The predicted octanol–water partition coefficient (Wildman–Crippen LogP) is 4.62. The fourth-order valence-electron chi connectivity index (χ4n) is 2.32. The Balaban J connectivity index is 2.12. The molecule has 1 aromatic rings. The molecule has 1 aromatic carbocycles. The molecule has 2 rings (SSSR count). The first-order valence-corrected chi connectivity index (χ1v) is 12.1. The van der Waals surface area contributed by atoms with Gasteiger partial charge in [-0.15, -0.1) is 18.2 Å². The SMILES string of the molecule is C=CC(C)(CCl)COP(=O)(O)P(=O)(O)CC1C=Cc2ccccc21. The van der Waals surface area contributed by atoms with Crippen molar-refractivity contribution < 1.29 is 23.4 Å². The Morgan fingerprint density at radius 1 is 1.38 bits per heavy atom. The molecule has 1 aliphatic rings. The molecular weight excluding hydrogens is 370 g/mol. The number of benzene rings is 1. The first-order valence-electron chi connectivity index (χ1n) is 7.40. The Hall–Kier alpha value is -0.670. The van der Waals surface area contributed by atoms with Crippen LogP contribution >= 0.6 is 25.9 Å². The molecule has 4 atom stereocenters. The Bertz CT molecular complexity index is 748. The van der Waals surface area contributed by atoms with E-state index in [9.17, 15) is 18.9 Å². The van der Waals surface area contributed by atoms with Gasteiger partial charge in [0.25, 0.3) is 0 Å². The Labute approximate surface area is 146 Å². The molecule has 0 radical (unpaired) electrons. The van der Waals surface area contributed by atoms with Gasteiger partial charge in [-0.05, 0) is 11.1 Å². The molecule has 1 aliphatic carbocycles. The summed E-state index contributed by atoms with van der Waals surface area (Å²) in [6.07, 6.45) is 4.75. The van der Waals surface area contributed by atoms with Gasteiger partial charge in [-0.1, -0.05) is 49.4 Å². The van der Waals surface area contributed by atoms with Crippen molar-refractivity contribution in [2.45, 2.75) is 12.8 Å². The normalized spacial score (nSPS) is 23.8. The fraction of sp³-hybridized carbons (Fsp3) is 0.375. The summed E-state index contributed by atoms with van der Waals surface area (Å²) in [6.45, 7) is 5.03. The average Bonchev–Trinajstić information content (AvgIpc) is 2.95. The van der Waals surface area contributed by atoms with Gasteiger partial charge in [0.1, 0.15) is 0 Å². The van der Waals surface area contributed by atoms with Crippen molar-refractivity contribution in [3.05, 3.63) is 54.1 Å². The number of hydrogen-bond donors (Lipinski definition) is 2. The standard InChI is InChI=1S/C16H21ClO5P2/c1-3-16(2,11-17)12-22-24(20,21)23(18,19)10-14-9-8-13-6-4-5-7-15(13)14/h3-9,14H,1,10-12H2,2H3,(H,18,19)(H,20,21). The second-order valence-electron chi connectivity index (χ2n) is 6.20. The van der Waals surface area contributed by atoms with Crippen molar-refractivity contribution in [2.24, 2.45) is 5.41 Å². The van der Waals surface area contributed by atoms with Gasteiger partial charge in [0.2, 0.25) is 0 Å². The number of fused-ring (bicyclic) bond motifs is 1. The number of halogens is 1. The lowest BCUT2D eigenvalue weighted by molar-refractivity contribution is 0.202. The van der Waals surface area contributed by atoms with Gasteiger partial charge in [0.15, 0.2) is 0 Å². The van der Waals surface area contributed by atoms with Crippen molar-refractivity contribution >= 4 is 32.0 Å². The lowest BCUT2D eigenvalue weighted by atomic mass is 9.95. The first-order chi connectivity index (χ1) is 11.1. The largest absolute Gasteiger partial charge is 0.409 e. The van der Waals surface area contributed by atoms with E-state index in [4.69, 9.17) is 16.1 Å². The van der Waals surface area contributed by atoms with Crippen LogP contribution in [0.15, 0.2) is 43.0 Å². The maximum atomic E-state index is 12.5. The molecule has 0 bridgehead atoms. The Kier molecular flexibility index (Phi) is 5.97. The molecule has 0 spiro atoms. The first kappa shape index (κ1) is 19.7. The summed E-state index contributed by atoms with van der Waals surface area (Å²) in [5.74, 6) is -0.273. The molecule has 132 valence electrons. The second-order valence-corrected chi connectivity index (χ2v) is 12.8. The third-order valence-corrected chi connectivity index (χ3v) is 10.0. The molecule has 0 saturated heterocycles. The van der Waals surface area contributed by atoms with Gasteiger partial charge >= 0.3 is 14.3 Å². The van der Waals surface area contributed by atoms with Crippen LogP contribution in [-0.4, -0.2) is 28.4 Å². The van der Waals surface area contributed by atoms with Crippen LogP contribution in [0, 0.1) is 5.41 Å². The van der Waals surface area contributed by atoms with E-state index in [-0.39, 0.29) is 24.6 Å². The highest BCUT2D eigenvalue weighted by Crippen LogP contribution is 2.78. The molecule has 0 aliphatic heterocycles. The molecule has 4 unspecified atom stereocenters. The zero-order chi connectivity index (χ0) is 18.0. The fourth-order valence-corrected chi connectivity index (χ4v) is 6.04. The molecule has 0 saturated carbocycles. The summed E-state index contributed by atoms with van der Waals surface area (Å²) in [5.41, 5.74) is 1.06. The van der Waals surface area contributed by atoms with Gasteiger partial charge in [-0.3, -0.25) is 4.57 Å². The maximum Gasteiger partial charge on any atom is 0.409 e. The third-order valence-electron chi connectivity index (χ3n) is 4.09. The Morgan fingerprint density at radius 2 is 2.04 bits per heavy atom. The zero-order valence-corrected chi connectivity index (χ0v) is 15.9. The molecule has 0 amide bonds. The van der Waals surface area contributed by atoms with Crippen LogP contribution in [0.25, 0.3) is 6.08 Å².